The van der Waals surface area contributed by atoms with Gasteiger partial charge >= 0.3 is 0 Å². The van der Waals surface area contributed by atoms with Gasteiger partial charge < -0.3 is 10.3 Å². The molecule has 2 N–H and O–H groups in total. The van der Waals surface area contributed by atoms with E-state index in [0.717, 1.165) is 48.3 Å². The highest BCUT2D eigenvalue weighted by atomic mass is 16.2. The quantitative estimate of drug-likeness (QED) is 0.579. The molecule has 0 bridgehead atoms. The van der Waals surface area contributed by atoms with Crippen molar-refractivity contribution in [2.24, 2.45) is 0 Å². The number of carbonyl (C=O) groups is 2. The van der Waals surface area contributed by atoms with Gasteiger partial charge in [-0.05, 0) is 19.9 Å². The van der Waals surface area contributed by atoms with Gasteiger partial charge in [0.05, 0.1) is 12.6 Å². The third kappa shape index (κ3) is 4.28. The number of aromatic amines is 1. The third-order valence-electron chi connectivity index (χ3n) is 5.28. The van der Waals surface area contributed by atoms with E-state index >= 15 is 0 Å². The number of amides is 1. The zero-order chi connectivity index (χ0) is 19.4. The molecule has 0 aliphatic carbocycles. The minimum atomic E-state index is -0.181. The Balaban J connectivity index is 1.61. The van der Waals surface area contributed by atoms with Gasteiger partial charge in [-0.15, -0.1) is 6.58 Å². The minimum absolute atomic E-state index is 0.0156. The summed E-state index contributed by atoms with van der Waals surface area (Å²) in [5, 5.41) is 3.79. The van der Waals surface area contributed by atoms with Crippen LogP contribution in [0.15, 0.2) is 36.9 Å². The van der Waals surface area contributed by atoms with E-state index in [-0.39, 0.29) is 17.7 Å². The number of H-pyrrole nitrogens is 1. The Kier molecular flexibility index (Phi) is 6.08. The fourth-order valence-corrected chi connectivity index (χ4v) is 3.72. The van der Waals surface area contributed by atoms with Crippen LogP contribution in [0.1, 0.15) is 23.0 Å². The van der Waals surface area contributed by atoms with Gasteiger partial charge in [0.2, 0.25) is 5.91 Å². The van der Waals surface area contributed by atoms with Gasteiger partial charge in [0, 0.05) is 54.9 Å². The van der Waals surface area contributed by atoms with Gasteiger partial charge in [0.15, 0.2) is 5.78 Å². The summed E-state index contributed by atoms with van der Waals surface area (Å²) in [5.74, 6) is 0.170. The number of aromatic nitrogens is 1. The Morgan fingerprint density at radius 2 is 1.96 bits per heavy atom. The molecule has 1 fully saturated rings. The molecule has 1 aliphatic heterocycles. The van der Waals surface area contributed by atoms with Crippen LogP contribution in [0.3, 0.4) is 0 Å². The Morgan fingerprint density at radius 1 is 1.26 bits per heavy atom. The summed E-state index contributed by atoms with van der Waals surface area (Å²) in [5.41, 5.74) is 2.72. The van der Waals surface area contributed by atoms with E-state index in [1.165, 1.54) is 0 Å². The minimum Gasteiger partial charge on any atom is -0.358 e. The Labute approximate surface area is 160 Å². The maximum absolute atomic E-state index is 13.2. The smallest absolute Gasteiger partial charge is 0.234 e. The Hall–Kier alpha value is -2.44. The van der Waals surface area contributed by atoms with Crippen LogP contribution >= 0.6 is 0 Å². The summed E-state index contributed by atoms with van der Waals surface area (Å²) in [6.45, 7) is 11.6. The molecule has 1 atom stereocenters. The summed E-state index contributed by atoms with van der Waals surface area (Å²) >= 11 is 0. The number of hydrogen-bond donors (Lipinski definition) is 2. The lowest BCUT2D eigenvalue weighted by Crippen LogP contribution is -2.53. The number of nitrogens with zero attached hydrogens (tertiary/aromatic N) is 2. The second kappa shape index (κ2) is 8.50. The van der Waals surface area contributed by atoms with Crippen molar-refractivity contribution in [1.29, 1.82) is 0 Å². The van der Waals surface area contributed by atoms with E-state index in [1.807, 2.05) is 38.1 Å². The molecule has 2 aromatic rings. The van der Waals surface area contributed by atoms with Gasteiger partial charge in [-0.25, -0.2) is 0 Å². The fourth-order valence-electron chi connectivity index (χ4n) is 3.72. The van der Waals surface area contributed by atoms with Crippen molar-refractivity contribution in [3.05, 3.63) is 48.2 Å². The molecule has 0 spiro atoms. The van der Waals surface area contributed by atoms with Crippen LogP contribution in [0, 0.1) is 6.92 Å². The molecule has 1 saturated heterocycles. The van der Waals surface area contributed by atoms with Crippen LogP contribution in [0.5, 0.6) is 0 Å². The summed E-state index contributed by atoms with van der Waals surface area (Å²) < 4.78 is 0. The number of aryl methyl sites for hydroxylation is 1. The average Bonchev–Trinajstić information content (AvgIpc) is 3.01. The van der Waals surface area contributed by atoms with Gasteiger partial charge in [-0.3, -0.25) is 19.4 Å². The molecule has 1 amide bonds. The van der Waals surface area contributed by atoms with Crippen molar-refractivity contribution < 1.29 is 9.59 Å². The van der Waals surface area contributed by atoms with Crippen molar-refractivity contribution in [1.82, 2.24) is 20.1 Å². The van der Waals surface area contributed by atoms with Crippen molar-refractivity contribution >= 4 is 22.6 Å². The van der Waals surface area contributed by atoms with E-state index in [1.54, 1.807) is 6.08 Å². The number of fused-ring (bicyclic) bond motifs is 1. The first kappa shape index (κ1) is 19.3. The fraction of sp³-hybridized carbons (Fsp3) is 0.429. The van der Waals surface area contributed by atoms with Crippen LogP contribution < -0.4 is 5.32 Å². The monoisotopic (exact) mass is 368 g/mol. The van der Waals surface area contributed by atoms with E-state index in [0.29, 0.717) is 13.1 Å². The number of rotatable bonds is 7. The lowest BCUT2D eigenvalue weighted by Gasteiger charge is -2.37. The predicted octanol–water partition coefficient (Wildman–Crippen LogP) is 1.97. The van der Waals surface area contributed by atoms with Crippen LogP contribution in [0.25, 0.3) is 10.9 Å². The lowest BCUT2D eigenvalue weighted by atomic mass is 10.0. The largest absolute Gasteiger partial charge is 0.358 e. The lowest BCUT2D eigenvalue weighted by molar-refractivity contribution is -0.122. The van der Waals surface area contributed by atoms with Crippen LogP contribution in [-0.2, 0) is 4.79 Å². The second-order valence-electron chi connectivity index (χ2n) is 7.12. The van der Waals surface area contributed by atoms with Crippen LogP contribution in [0.4, 0.5) is 0 Å². The van der Waals surface area contributed by atoms with Crippen molar-refractivity contribution in [3.63, 3.8) is 0 Å². The molecule has 27 heavy (non-hydrogen) atoms. The van der Waals surface area contributed by atoms with Gasteiger partial charge in [-0.2, -0.15) is 0 Å². The molecule has 2 heterocycles. The highest BCUT2D eigenvalue weighted by Gasteiger charge is 2.29. The first-order valence-electron chi connectivity index (χ1n) is 9.46. The number of ketones is 1. The van der Waals surface area contributed by atoms with Crippen molar-refractivity contribution in [2.45, 2.75) is 19.9 Å². The Morgan fingerprint density at radius 3 is 2.67 bits per heavy atom. The number of piperazine rings is 1. The number of carbonyl (C=O) groups excluding carboxylic acids is 2. The number of benzene rings is 1. The molecule has 6 nitrogen and oxygen atoms in total. The third-order valence-corrected chi connectivity index (χ3v) is 5.28. The van der Waals surface area contributed by atoms with E-state index < -0.39 is 0 Å². The highest BCUT2D eigenvalue weighted by Crippen LogP contribution is 2.24. The molecule has 1 aliphatic rings. The van der Waals surface area contributed by atoms with Crippen LogP contribution in [0.2, 0.25) is 0 Å². The molecule has 6 heteroatoms. The maximum atomic E-state index is 13.2. The molecule has 0 saturated carbocycles. The standard InChI is InChI=1S/C21H28N4O2/c1-4-9-22-19(26)14-24-10-12-25(13-11-24)16(3)21(27)20-15(2)23-18-8-6-5-7-17(18)20/h4-8,16,23H,1,9-14H2,2-3H3,(H,22,26). The second-order valence-corrected chi connectivity index (χ2v) is 7.12. The van der Waals surface area contributed by atoms with Gasteiger partial charge in [-0.1, -0.05) is 24.3 Å². The van der Waals surface area contributed by atoms with Crippen LogP contribution in [-0.4, -0.2) is 71.8 Å². The van der Waals surface area contributed by atoms with E-state index in [2.05, 4.69) is 26.7 Å². The number of Topliss-reactive ketones (excluding diaryl/α,β-unsaturated/α-hetero) is 1. The van der Waals surface area contributed by atoms with Gasteiger partial charge in [0.1, 0.15) is 0 Å². The predicted molar refractivity (Wildman–Crippen MR) is 108 cm³/mol. The normalized spacial score (nSPS) is 17.0. The number of nitrogens with one attached hydrogen (secondary N) is 2. The summed E-state index contributed by atoms with van der Waals surface area (Å²) in [4.78, 5) is 32.7. The topological polar surface area (TPSA) is 68.4 Å². The number of para-hydroxylation sites is 1. The summed E-state index contributed by atoms with van der Waals surface area (Å²) in [7, 11) is 0. The maximum Gasteiger partial charge on any atom is 0.234 e. The molecular weight excluding hydrogens is 340 g/mol. The van der Waals surface area contributed by atoms with Crippen molar-refractivity contribution in [2.75, 3.05) is 39.3 Å². The number of hydrogen-bond acceptors (Lipinski definition) is 4. The van der Waals surface area contributed by atoms with E-state index in [4.69, 9.17) is 0 Å². The first-order chi connectivity index (χ1) is 13.0. The first-order valence-corrected chi connectivity index (χ1v) is 9.46. The Bertz CT molecular complexity index is 834. The average molecular weight is 368 g/mol. The SMILES string of the molecule is C=CCNC(=O)CN1CCN(C(C)C(=O)c2c(C)[nH]c3ccccc23)CC1. The van der Waals surface area contributed by atoms with Gasteiger partial charge in [0.25, 0.3) is 0 Å². The molecule has 144 valence electrons. The van der Waals surface area contributed by atoms with E-state index in [9.17, 15) is 9.59 Å². The molecule has 1 aromatic carbocycles. The molecule has 3 rings (SSSR count). The molecular formula is C21H28N4O2. The molecule has 0 radical (unpaired) electrons. The molecule has 1 aromatic heterocycles. The summed E-state index contributed by atoms with van der Waals surface area (Å²) in [6, 6.07) is 7.76. The van der Waals surface area contributed by atoms with Crippen molar-refractivity contribution in [3.8, 4) is 0 Å². The highest BCUT2D eigenvalue weighted by molar-refractivity contribution is 6.11. The molecule has 1 unspecified atom stereocenters. The zero-order valence-corrected chi connectivity index (χ0v) is 16.1. The zero-order valence-electron chi connectivity index (χ0n) is 16.1. The summed E-state index contributed by atoms with van der Waals surface area (Å²) in [6.07, 6.45) is 1.68.